The van der Waals surface area contributed by atoms with Crippen molar-refractivity contribution in [3.05, 3.63) is 0 Å². The molecule has 0 fully saturated rings. The molecule has 6 heteroatoms. The van der Waals surface area contributed by atoms with Gasteiger partial charge in [0.2, 0.25) is 0 Å². The first-order valence-electron chi connectivity index (χ1n) is 5.08. The molecule has 3 N–H and O–H groups in total. The SMILES string of the molecule is C#CCC(NC(=O)NCC(C)(C)OC)C(=O)O. The lowest BCUT2D eigenvalue weighted by molar-refractivity contribution is -0.139. The molecule has 0 heterocycles. The molecule has 0 aliphatic carbocycles. The highest BCUT2D eigenvalue weighted by atomic mass is 16.5. The summed E-state index contributed by atoms with van der Waals surface area (Å²) in [5.41, 5.74) is -0.512. The monoisotopic (exact) mass is 242 g/mol. The zero-order valence-corrected chi connectivity index (χ0v) is 10.2. The van der Waals surface area contributed by atoms with Gasteiger partial charge in [-0.1, -0.05) is 0 Å². The van der Waals surface area contributed by atoms with Crippen LogP contribution in [0.1, 0.15) is 20.3 Å². The molecule has 1 unspecified atom stereocenters. The Hall–Kier alpha value is -1.74. The van der Waals surface area contributed by atoms with Gasteiger partial charge in [-0.3, -0.25) is 0 Å². The zero-order valence-electron chi connectivity index (χ0n) is 10.2. The zero-order chi connectivity index (χ0) is 13.5. The Balaban J connectivity index is 4.17. The van der Waals surface area contributed by atoms with E-state index in [9.17, 15) is 9.59 Å². The fourth-order valence-electron chi connectivity index (χ4n) is 0.893. The highest BCUT2D eigenvalue weighted by Crippen LogP contribution is 2.04. The number of amides is 2. The first kappa shape index (κ1) is 15.3. The van der Waals surface area contributed by atoms with Gasteiger partial charge in [-0.2, -0.15) is 0 Å². The normalized spacial score (nSPS) is 12.4. The number of aliphatic carboxylic acids is 1. The Morgan fingerprint density at radius 3 is 2.53 bits per heavy atom. The van der Waals surface area contributed by atoms with Crippen LogP contribution < -0.4 is 10.6 Å². The molecule has 0 aromatic carbocycles. The summed E-state index contributed by atoms with van der Waals surface area (Å²) in [5, 5.41) is 13.5. The van der Waals surface area contributed by atoms with Crippen molar-refractivity contribution < 1.29 is 19.4 Å². The summed E-state index contributed by atoms with van der Waals surface area (Å²) in [6, 6.07) is -1.66. The second kappa shape index (κ2) is 6.76. The largest absolute Gasteiger partial charge is 0.480 e. The molecule has 0 aliphatic rings. The van der Waals surface area contributed by atoms with Crippen molar-refractivity contribution in [1.29, 1.82) is 0 Å². The number of terminal acetylenes is 1. The molecule has 0 aromatic heterocycles. The number of urea groups is 1. The van der Waals surface area contributed by atoms with Gasteiger partial charge in [0.1, 0.15) is 6.04 Å². The van der Waals surface area contributed by atoms with E-state index in [0.29, 0.717) is 0 Å². The summed E-state index contributed by atoms with van der Waals surface area (Å²) in [4.78, 5) is 22.1. The molecule has 6 nitrogen and oxygen atoms in total. The Morgan fingerprint density at radius 2 is 2.12 bits per heavy atom. The Labute approximate surface area is 101 Å². The minimum absolute atomic E-state index is 0.0591. The van der Waals surface area contributed by atoms with E-state index in [1.807, 2.05) is 0 Å². The number of carboxylic acid groups (broad SMARTS) is 1. The number of ether oxygens (including phenoxy) is 1. The molecule has 0 saturated heterocycles. The number of carbonyl (C=O) groups excluding carboxylic acids is 1. The average molecular weight is 242 g/mol. The van der Waals surface area contributed by atoms with E-state index >= 15 is 0 Å². The fourth-order valence-corrected chi connectivity index (χ4v) is 0.893. The molecule has 0 spiro atoms. The number of carboxylic acids is 1. The molecule has 0 saturated carbocycles. The van der Waals surface area contributed by atoms with Crippen molar-refractivity contribution in [3.8, 4) is 12.3 Å². The van der Waals surface area contributed by atoms with Crippen LogP contribution in [0, 0.1) is 12.3 Å². The second-order valence-electron chi connectivity index (χ2n) is 4.09. The lowest BCUT2D eigenvalue weighted by Gasteiger charge is -2.23. The van der Waals surface area contributed by atoms with E-state index in [-0.39, 0.29) is 13.0 Å². The first-order valence-corrected chi connectivity index (χ1v) is 5.08. The third-order valence-corrected chi connectivity index (χ3v) is 2.15. The lowest BCUT2D eigenvalue weighted by Crippen LogP contribution is -2.49. The van der Waals surface area contributed by atoms with Gasteiger partial charge >= 0.3 is 12.0 Å². The third-order valence-electron chi connectivity index (χ3n) is 2.15. The summed E-state index contributed by atoms with van der Waals surface area (Å²) in [6.07, 6.45) is 4.94. The average Bonchev–Trinajstić information content (AvgIpc) is 2.26. The molecule has 1 atom stereocenters. The molecule has 0 aliphatic heterocycles. The maximum Gasteiger partial charge on any atom is 0.327 e. The summed E-state index contributed by atoms with van der Waals surface area (Å²) in [6.45, 7) is 3.85. The number of rotatable bonds is 6. The van der Waals surface area contributed by atoms with Gasteiger partial charge in [0, 0.05) is 20.1 Å². The molecule has 0 rings (SSSR count). The summed E-state index contributed by atoms with van der Waals surface area (Å²) < 4.78 is 5.10. The van der Waals surface area contributed by atoms with Gasteiger partial charge < -0.3 is 20.5 Å². The van der Waals surface area contributed by atoms with Crippen LogP contribution in [0.3, 0.4) is 0 Å². The molecule has 96 valence electrons. The van der Waals surface area contributed by atoms with Crippen molar-refractivity contribution >= 4 is 12.0 Å². The van der Waals surface area contributed by atoms with Crippen molar-refractivity contribution in [1.82, 2.24) is 10.6 Å². The number of hydrogen-bond acceptors (Lipinski definition) is 3. The Morgan fingerprint density at radius 1 is 1.53 bits per heavy atom. The maximum atomic E-state index is 11.4. The van der Waals surface area contributed by atoms with E-state index in [4.69, 9.17) is 16.3 Å². The van der Waals surface area contributed by atoms with Crippen molar-refractivity contribution in [2.24, 2.45) is 0 Å². The van der Waals surface area contributed by atoms with Crippen LogP contribution in [0.25, 0.3) is 0 Å². The van der Waals surface area contributed by atoms with Crippen LogP contribution in [0.15, 0.2) is 0 Å². The van der Waals surface area contributed by atoms with E-state index in [0.717, 1.165) is 0 Å². The molecule has 2 amide bonds. The van der Waals surface area contributed by atoms with E-state index in [1.165, 1.54) is 7.11 Å². The smallest absolute Gasteiger partial charge is 0.327 e. The summed E-state index contributed by atoms with van der Waals surface area (Å²) >= 11 is 0. The van der Waals surface area contributed by atoms with E-state index < -0.39 is 23.6 Å². The molecule has 0 radical (unpaired) electrons. The van der Waals surface area contributed by atoms with Crippen LogP contribution in [0.5, 0.6) is 0 Å². The van der Waals surface area contributed by atoms with Crippen LogP contribution in [-0.4, -0.2) is 42.4 Å². The van der Waals surface area contributed by atoms with Crippen molar-refractivity contribution in [2.75, 3.05) is 13.7 Å². The highest BCUT2D eigenvalue weighted by molar-refractivity contribution is 5.82. The summed E-state index contributed by atoms with van der Waals surface area (Å²) in [5.74, 6) is 1.03. The number of nitrogens with one attached hydrogen (secondary N) is 2. The van der Waals surface area contributed by atoms with E-state index in [1.54, 1.807) is 13.8 Å². The molecular weight excluding hydrogens is 224 g/mol. The number of methoxy groups -OCH3 is 1. The van der Waals surface area contributed by atoms with Crippen LogP contribution in [0.2, 0.25) is 0 Å². The number of carbonyl (C=O) groups is 2. The standard InChI is InChI=1S/C11H18N2O4/c1-5-6-8(9(14)15)13-10(16)12-7-11(2,3)17-4/h1,8H,6-7H2,2-4H3,(H,14,15)(H2,12,13,16). The van der Waals surface area contributed by atoms with Gasteiger partial charge in [-0.15, -0.1) is 12.3 Å². The minimum Gasteiger partial charge on any atom is -0.480 e. The van der Waals surface area contributed by atoms with Gasteiger partial charge in [0.25, 0.3) is 0 Å². The topological polar surface area (TPSA) is 87.7 Å². The number of hydrogen-bond donors (Lipinski definition) is 3. The summed E-state index contributed by atoms with van der Waals surface area (Å²) in [7, 11) is 1.53. The highest BCUT2D eigenvalue weighted by Gasteiger charge is 2.21. The van der Waals surface area contributed by atoms with Crippen LogP contribution in [-0.2, 0) is 9.53 Å². The van der Waals surface area contributed by atoms with Crippen molar-refractivity contribution in [3.63, 3.8) is 0 Å². The van der Waals surface area contributed by atoms with Crippen LogP contribution in [0.4, 0.5) is 4.79 Å². The quantitative estimate of drug-likeness (QED) is 0.580. The second-order valence-corrected chi connectivity index (χ2v) is 4.09. The predicted octanol–water partition coefficient (Wildman–Crippen LogP) is 0.187. The third kappa shape index (κ3) is 6.43. The lowest BCUT2D eigenvalue weighted by atomic mass is 10.1. The van der Waals surface area contributed by atoms with Crippen LogP contribution >= 0.6 is 0 Å². The molecule has 0 aromatic rings. The Kier molecular flexibility index (Phi) is 6.07. The van der Waals surface area contributed by atoms with Gasteiger partial charge in [-0.05, 0) is 13.8 Å². The van der Waals surface area contributed by atoms with Gasteiger partial charge in [-0.25, -0.2) is 9.59 Å². The Bertz CT molecular complexity index is 320. The van der Waals surface area contributed by atoms with Gasteiger partial charge in [0.05, 0.1) is 5.60 Å². The fraction of sp³-hybridized carbons (Fsp3) is 0.636. The van der Waals surface area contributed by atoms with E-state index in [2.05, 4.69) is 16.6 Å². The van der Waals surface area contributed by atoms with Gasteiger partial charge in [0.15, 0.2) is 0 Å². The predicted molar refractivity (Wildman–Crippen MR) is 62.5 cm³/mol. The molecular formula is C11H18N2O4. The van der Waals surface area contributed by atoms with Crippen molar-refractivity contribution in [2.45, 2.75) is 31.9 Å². The minimum atomic E-state index is -1.16. The maximum absolute atomic E-state index is 11.4. The molecule has 17 heavy (non-hydrogen) atoms. The first-order chi connectivity index (χ1) is 7.82. The molecule has 0 bridgehead atoms.